The topological polar surface area (TPSA) is 74.6 Å². The summed E-state index contributed by atoms with van der Waals surface area (Å²) in [6.07, 6.45) is 7.73. The summed E-state index contributed by atoms with van der Waals surface area (Å²) < 4.78 is 0. The lowest BCUT2D eigenvalue weighted by Gasteiger charge is -2.58. The van der Waals surface area contributed by atoms with Gasteiger partial charge in [-0.15, -0.1) is 0 Å². The molecule has 0 unspecified atom stereocenters. The number of ketones is 1. The van der Waals surface area contributed by atoms with E-state index >= 15 is 0 Å². The fourth-order valence-corrected chi connectivity index (χ4v) is 6.87. The maximum atomic E-state index is 12.4. The third kappa shape index (κ3) is 1.84. The number of carboxylic acids is 1. The second-order valence-electron chi connectivity index (χ2n) is 9.10. The van der Waals surface area contributed by atoms with Gasteiger partial charge in [0, 0.05) is 6.42 Å². The van der Waals surface area contributed by atoms with Crippen LogP contribution < -0.4 is 0 Å². The number of rotatable bonds is 1. The Kier molecular flexibility index (Phi) is 3.36. The summed E-state index contributed by atoms with van der Waals surface area (Å²) in [5.41, 5.74) is -0.690. The number of aliphatic hydroxyl groups is 1. The Balaban J connectivity index is 1.76. The van der Waals surface area contributed by atoms with E-state index in [4.69, 9.17) is 0 Å². The highest BCUT2D eigenvalue weighted by molar-refractivity contribution is 5.95. The van der Waals surface area contributed by atoms with Crippen LogP contribution in [0.25, 0.3) is 0 Å². The minimum atomic E-state index is -0.827. The van der Waals surface area contributed by atoms with Gasteiger partial charge in [0.15, 0.2) is 5.78 Å². The van der Waals surface area contributed by atoms with Gasteiger partial charge in [0.25, 0.3) is 0 Å². The normalized spacial score (nSPS) is 50.5. The molecule has 0 saturated heterocycles. The summed E-state index contributed by atoms with van der Waals surface area (Å²) in [6.45, 7) is 4.18. The van der Waals surface area contributed by atoms with E-state index in [2.05, 4.69) is 6.92 Å². The van der Waals surface area contributed by atoms with Crippen molar-refractivity contribution in [3.05, 3.63) is 11.6 Å². The van der Waals surface area contributed by atoms with Crippen LogP contribution in [0.2, 0.25) is 0 Å². The van der Waals surface area contributed by atoms with Crippen molar-refractivity contribution in [1.82, 2.24) is 0 Å². The molecule has 4 heteroatoms. The van der Waals surface area contributed by atoms with Crippen molar-refractivity contribution in [2.24, 2.45) is 28.6 Å². The van der Waals surface area contributed by atoms with Crippen molar-refractivity contribution in [2.45, 2.75) is 70.8 Å². The highest BCUT2D eigenvalue weighted by Gasteiger charge is 2.65. The van der Waals surface area contributed by atoms with Gasteiger partial charge in [-0.2, -0.15) is 0 Å². The maximum absolute atomic E-state index is 12.4. The van der Waals surface area contributed by atoms with Crippen molar-refractivity contribution >= 4 is 11.8 Å². The zero-order valence-corrected chi connectivity index (χ0v) is 14.7. The summed E-state index contributed by atoms with van der Waals surface area (Å²) in [6, 6.07) is 0. The lowest BCUT2D eigenvalue weighted by atomic mass is 9.46. The zero-order chi connectivity index (χ0) is 17.3. The summed E-state index contributed by atoms with van der Waals surface area (Å²) >= 11 is 0. The molecule has 4 nitrogen and oxygen atoms in total. The summed E-state index contributed by atoms with van der Waals surface area (Å²) in [5.74, 6) is 0.241. The molecule has 0 aromatic heterocycles. The maximum Gasteiger partial charge on any atom is 0.314 e. The molecular weight excluding hydrogens is 304 g/mol. The molecule has 0 aliphatic heterocycles. The molecule has 3 saturated carbocycles. The fraction of sp³-hybridized carbons (Fsp3) is 0.800. The molecule has 4 aliphatic rings. The largest absolute Gasteiger partial charge is 0.481 e. The van der Waals surface area contributed by atoms with Gasteiger partial charge in [-0.3, -0.25) is 9.59 Å². The third-order valence-electron chi connectivity index (χ3n) is 8.43. The molecule has 0 bridgehead atoms. The van der Waals surface area contributed by atoms with Crippen LogP contribution >= 0.6 is 0 Å². The second-order valence-corrected chi connectivity index (χ2v) is 9.10. The lowest BCUT2D eigenvalue weighted by Crippen LogP contribution is -2.56. The minimum Gasteiger partial charge on any atom is -0.481 e. The molecule has 2 N–H and O–H groups in total. The SMILES string of the molecule is C[C@]1(O)CC[C@H]2[C@@H]3CCC4=CC(=O)CC[C@]4(C(=O)O)[C@H]3CC[C@@]21C. The first-order valence-corrected chi connectivity index (χ1v) is 9.42. The van der Waals surface area contributed by atoms with Crippen LogP contribution in [0.3, 0.4) is 0 Å². The molecule has 4 rings (SSSR count). The number of carbonyl (C=O) groups is 2. The molecule has 3 fully saturated rings. The van der Waals surface area contributed by atoms with Gasteiger partial charge in [-0.1, -0.05) is 6.92 Å². The van der Waals surface area contributed by atoms with Gasteiger partial charge in [0.1, 0.15) is 0 Å². The number of hydrogen-bond acceptors (Lipinski definition) is 3. The fourth-order valence-electron chi connectivity index (χ4n) is 6.87. The molecule has 24 heavy (non-hydrogen) atoms. The third-order valence-corrected chi connectivity index (χ3v) is 8.43. The minimum absolute atomic E-state index is 0.0878. The Bertz CT molecular complexity index is 634. The van der Waals surface area contributed by atoms with Crippen LogP contribution in [0.4, 0.5) is 0 Å². The first-order chi connectivity index (χ1) is 11.2. The molecular formula is C20H28O4. The van der Waals surface area contributed by atoms with E-state index in [1.54, 1.807) is 6.08 Å². The van der Waals surface area contributed by atoms with Gasteiger partial charge >= 0.3 is 5.97 Å². The van der Waals surface area contributed by atoms with Crippen LogP contribution in [-0.2, 0) is 9.59 Å². The quantitative estimate of drug-likeness (QED) is 0.772. The van der Waals surface area contributed by atoms with Crippen LogP contribution in [-0.4, -0.2) is 27.6 Å². The average molecular weight is 332 g/mol. The Hall–Kier alpha value is -1.16. The van der Waals surface area contributed by atoms with Crippen LogP contribution in [0.15, 0.2) is 11.6 Å². The molecule has 0 heterocycles. The second kappa shape index (κ2) is 4.94. The van der Waals surface area contributed by atoms with E-state index in [9.17, 15) is 19.8 Å². The van der Waals surface area contributed by atoms with E-state index in [0.717, 1.165) is 44.1 Å². The van der Waals surface area contributed by atoms with Crippen molar-refractivity contribution < 1.29 is 19.8 Å². The molecule has 0 aromatic rings. The Morgan fingerprint density at radius 3 is 2.50 bits per heavy atom. The Morgan fingerprint density at radius 1 is 1.08 bits per heavy atom. The average Bonchev–Trinajstić information content (AvgIpc) is 2.76. The smallest absolute Gasteiger partial charge is 0.314 e. The van der Waals surface area contributed by atoms with Crippen molar-refractivity contribution in [1.29, 1.82) is 0 Å². The predicted octanol–water partition coefficient (Wildman–Crippen LogP) is 3.33. The number of carboxylic acid groups (broad SMARTS) is 1. The highest BCUT2D eigenvalue weighted by Crippen LogP contribution is 2.67. The Morgan fingerprint density at radius 2 is 1.79 bits per heavy atom. The Labute approximate surface area is 143 Å². The van der Waals surface area contributed by atoms with Crippen LogP contribution in [0, 0.1) is 28.6 Å². The number of hydrogen-bond donors (Lipinski definition) is 2. The monoisotopic (exact) mass is 332 g/mol. The van der Waals surface area contributed by atoms with Gasteiger partial charge in [-0.05, 0) is 86.7 Å². The van der Waals surface area contributed by atoms with Crippen molar-refractivity contribution in [3.8, 4) is 0 Å². The molecule has 6 atom stereocenters. The summed E-state index contributed by atoms with van der Waals surface area (Å²) in [4.78, 5) is 24.2. The summed E-state index contributed by atoms with van der Waals surface area (Å²) in [5, 5.41) is 21.1. The molecule has 4 aliphatic carbocycles. The predicted molar refractivity (Wildman–Crippen MR) is 89.3 cm³/mol. The number of carbonyl (C=O) groups excluding carboxylic acids is 1. The number of aliphatic carboxylic acids is 1. The number of fused-ring (bicyclic) bond motifs is 5. The van der Waals surface area contributed by atoms with Crippen molar-refractivity contribution in [3.63, 3.8) is 0 Å². The van der Waals surface area contributed by atoms with E-state index in [1.165, 1.54) is 0 Å². The van der Waals surface area contributed by atoms with Crippen LogP contribution in [0.5, 0.6) is 0 Å². The van der Waals surface area contributed by atoms with Crippen molar-refractivity contribution in [2.75, 3.05) is 0 Å². The van der Waals surface area contributed by atoms with E-state index in [-0.39, 0.29) is 17.1 Å². The first-order valence-electron chi connectivity index (χ1n) is 9.42. The standard InChI is InChI=1S/C20H28O4/c1-18-8-6-16-14(15(18)7-9-19(18,2)24)4-3-12-11-13(21)5-10-20(12,16)17(22)23/h11,14-16,24H,3-10H2,1-2H3,(H,22,23)/t14-,15-,16-,18-,19-,20+/m0/s1. The first kappa shape index (κ1) is 16.3. The van der Waals surface area contributed by atoms with Crippen LogP contribution in [0.1, 0.15) is 65.2 Å². The van der Waals surface area contributed by atoms with Gasteiger partial charge in [0.2, 0.25) is 0 Å². The van der Waals surface area contributed by atoms with E-state index in [0.29, 0.717) is 24.7 Å². The highest BCUT2D eigenvalue weighted by atomic mass is 16.4. The summed E-state index contributed by atoms with van der Waals surface area (Å²) in [7, 11) is 0. The molecule has 132 valence electrons. The zero-order valence-electron chi connectivity index (χ0n) is 14.7. The lowest BCUT2D eigenvalue weighted by molar-refractivity contribution is -0.164. The molecule has 0 spiro atoms. The van der Waals surface area contributed by atoms with E-state index < -0.39 is 17.0 Å². The molecule has 0 amide bonds. The van der Waals surface area contributed by atoms with E-state index in [1.807, 2.05) is 6.92 Å². The van der Waals surface area contributed by atoms with Gasteiger partial charge in [0.05, 0.1) is 11.0 Å². The molecule has 0 aromatic carbocycles. The molecule has 0 radical (unpaired) electrons. The van der Waals surface area contributed by atoms with Gasteiger partial charge in [-0.25, -0.2) is 0 Å². The van der Waals surface area contributed by atoms with Gasteiger partial charge < -0.3 is 10.2 Å².